The van der Waals surface area contributed by atoms with Crippen LogP contribution in [0.4, 0.5) is 0 Å². The van der Waals surface area contributed by atoms with Gasteiger partial charge in [-0.25, -0.2) is 5.43 Å². The highest BCUT2D eigenvalue weighted by Crippen LogP contribution is 2.39. The second-order valence-corrected chi connectivity index (χ2v) is 6.88. The van der Waals surface area contributed by atoms with Crippen LogP contribution in [-0.4, -0.2) is 37.0 Å². The van der Waals surface area contributed by atoms with Gasteiger partial charge in [-0.15, -0.1) is 0 Å². The Kier molecular flexibility index (Phi) is 5.67. The van der Waals surface area contributed by atoms with Gasteiger partial charge in [0, 0.05) is 8.95 Å². The summed E-state index contributed by atoms with van der Waals surface area (Å²) in [7, 11) is 1.44. The van der Waals surface area contributed by atoms with Gasteiger partial charge in [0.1, 0.15) is 6.61 Å². The van der Waals surface area contributed by atoms with Crippen LogP contribution in [0.5, 0.6) is 23.0 Å². The number of methoxy groups -OCH3 is 1. The minimum atomic E-state index is -0.823. The maximum atomic E-state index is 12.2. The molecule has 0 saturated heterocycles. The molecule has 1 heterocycles. The zero-order chi connectivity index (χ0) is 18.7. The zero-order valence-electron chi connectivity index (χ0n) is 13.5. The Hall–Kier alpha value is -2.26. The lowest BCUT2D eigenvalue weighted by Gasteiger charge is -2.24. The molecule has 26 heavy (non-hydrogen) atoms. The summed E-state index contributed by atoms with van der Waals surface area (Å²) in [5.74, 6) is 0.795. The molecule has 0 fully saturated rings. The first kappa shape index (κ1) is 18.5. The molecule has 136 valence electrons. The predicted octanol–water partition coefficient (Wildman–Crippen LogP) is 3.22. The Balaban J connectivity index is 1.70. The van der Waals surface area contributed by atoms with Crippen molar-refractivity contribution in [1.82, 2.24) is 5.43 Å². The van der Waals surface area contributed by atoms with Crippen molar-refractivity contribution in [3.05, 3.63) is 44.8 Å². The topological polar surface area (TPSA) is 89.4 Å². The summed E-state index contributed by atoms with van der Waals surface area (Å²) in [4.78, 5) is 12.2. The number of benzene rings is 2. The Morgan fingerprint density at radius 2 is 2.12 bits per heavy atom. The molecule has 1 unspecified atom stereocenters. The van der Waals surface area contributed by atoms with E-state index in [-0.39, 0.29) is 18.1 Å². The highest BCUT2D eigenvalue weighted by molar-refractivity contribution is 9.13. The van der Waals surface area contributed by atoms with Crippen molar-refractivity contribution in [3.63, 3.8) is 0 Å². The van der Waals surface area contributed by atoms with Crippen molar-refractivity contribution in [2.45, 2.75) is 6.10 Å². The number of carbonyl (C=O) groups is 1. The smallest absolute Gasteiger partial charge is 0.284 e. The maximum absolute atomic E-state index is 12.2. The second-order valence-electron chi connectivity index (χ2n) is 5.24. The minimum Gasteiger partial charge on any atom is -0.504 e. The first-order valence-electron chi connectivity index (χ1n) is 7.47. The number of hydrogen-bond acceptors (Lipinski definition) is 6. The Morgan fingerprint density at radius 1 is 1.38 bits per heavy atom. The lowest BCUT2D eigenvalue weighted by Crippen LogP contribution is -2.42. The third-order valence-electron chi connectivity index (χ3n) is 3.58. The summed E-state index contributed by atoms with van der Waals surface area (Å²) in [5.41, 5.74) is 2.73. The van der Waals surface area contributed by atoms with Gasteiger partial charge in [0.2, 0.25) is 6.10 Å². The second kappa shape index (κ2) is 7.96. The number of phenols is 1. The van der Waals surface area contributed by atoms with Crippen molar-refractivity contribution in [2.75, 3.05) is 13.7 Å². The molecule has 2 N–H and O–H groups in total. The lowest BCUT2D eigenvalue weighted by atomic mass is 10.2. The molecule has 1 aliphatic heterocycles. The van der Waals surface area contributed by atoms with Gasteiger partial charge >= 0.3 is 0 Å². The first-order valence-corrected chi connectivity index (χ1v) is 9.06. The number of aromatic hydroxyl groups is 1. The molecular weight excluding hydrogens is 472 g/mol. The lowest BCUT2D eigenvalue weighted by molar-refractivity contribution is -0.130. The number of carbonyl (C=O) groups excluding carboxylic acids is 1. The van der Waals surface area contributed by atoms with Gasteiger partial charge in [0.05, 0.1) is 18.9 Å². The number of nitrogens with one attached hydrogen (secondary N) is 1. The van der Waals surface area contributed by atoms with Crippen molar-refractivity contribution in [3.8, 4) is 23.0 Å². The number of amides is 1. The molecule has 1 atom stereocenters. The van der Waals surface area contributed by atoms with Gasteiger partial charge in [-0.1, -0.05) is 12.1 Å². The number of halogens is 2. The number of fused-ring (bicyclic) bond motifs is 1. The summed E-state index contributed by atoms with van der Waals surface area (Å²) in [6, 6.07) is 8.72. The molecule has 0 aliphatic carbocycles. The summed E-state index contributed by atoms with van der Waals surface area (Å²) >= 11 is 6.69. The molecule has 0 radical (unpaired) electrons. The maximum Gasteiger partial charge on any atom is 0.284 e. The standard InChI is InChI=1S/C17H14Br2N2O5/c1-24-13-6-10(18)15(19)9(16(13)22)7-20-21-17(23)14-8-25-11-4-2-3-5-12(11)26-14/h2-7,14,22H,8H2,1H3,(H,21,23)/b20-7+. The van der Waals surface area contributed by atoms with Crippen LogP contribution >= 0.6 is 31.9 Å². The zero-order valence-corrected chi connectivity index (χ0v) is 16.7. The van der Waals surface area contributed by atoms with Crippen molar-refractivity contribution in [1.29, 1.82) is 0 Å². The van der Waals surface area contributed by atoms with Crippen LogP contribution in [-0.2, 0) is 4.79 Å². The van der Waals surface area contributed by atoms with E-state index in [0.717, 1.165) is 0 Å². The van der Waals surface area contributed by atoms with Gasteiger partial charge < -0.3 is 19.3 Å². The number of ether oxygens (including phenoxy) is 3. The van der Waals surface area contributed by atoms with Crippen LogP contribution in [0, 0.1) is 0 Å². The quantitative estimate of drug-likeness (QED) is 0.512. The average molecular weight is 486 g/mol. The molecule has 1 amide bonds. The summed E-state index contributed by atoms with van der Waals surface area (Å²) in [5, 5.41) is 14.1. The van der Waals surface area contributed by atoms with Gasteiger partial charge in [0.25, 0.3) is 5.91 Å². The van der Waals surface area contributed by atoms with E-state index in [0.29, 0.717) is 26.0 Å². The van der Waals surface area contributed by atoms with E-state index in [1.807, 2.05) is 6.07 Å². The van der Waals surface area contributed by atoms with Crippen LogP contribution in [0.1, 0.15) is 5.56 Å². The number of nitrogens with zero attached hydrogens (tertiary/aromatic N) is 1. The number of hydrazone groups is 1. The largest absolute Gasteiger partial charge is 0.504 e. The average Bonchev–Trinajstić information content (AvgIpc) is 2.66. The van der Waals surface area contributed by atoms with E-state index in [9.17, 15) is 9.90 Å². The van der Waals surface area contributed by atoms with Gasteiger partial charge in [0.15, 0.2) is 23.0 Å². The fourth-order valence-corrected chi connectivity index (χ4v) is 3.09. The highest BCUT2D eigenvalue weighted by Gasteiger charge is 2.27. The predicted molar refractivity (Wildman–Crippen MR) is 102 cm³/mol. The monoisotopic (exact) mass is 484 g/mol. The van der Waals surface area contributed by atoms with E-state index in [1.54, 1.807) is 24.3 Å². The van der Waals surface area contributed by atoms with E-state index in [2.05, 4.69) is 42.4 Å². The summed E-state index contributed by atoms with van der Waals surface area (Å²) in [6.07, 6.45) is 0.485. The van der Waals surface area contributed by atoms with Crippen LogP contribution < -0.4 is 19.6 Å². The highest BCUT2D eigenvalue weighted by atomic mass is 79.9. The Morgan fingerprint density at radius 3 is 2.85 bits per heavy atom. The molecule has 0 bridgehead atoms. The van der Waals surface area contributed by atoms with Gasteiger partial charge in [-0.2, -0.15) is 5.10 Å². The molecule has 2 aromatic carbocycles. The molecule has 3 rings (SSSR count). The third-order valence-corrected chi connectivity index (χ3v) is 5.59. The first-order chi connectivity index (χ1) is 12.5. The fourth-order valence-electron chi connectivity index (χ4n) is 2.27. The van der Waals surface area contributed by atoms with Crippen LogP contribution in [0.3, 0.4) is 0 Å². The van der Waals surface area contributed by atoms with E-state index < -0.39 is 12.0 Å². The number of phenolic OH excluding ortho intramolecular Hbond substituents is 1. The van der Waals surface area contributed by atoms with Crippen LogP contribution in [0.2, 0.25) is 0 Å². The molecule has 0 aromatic heterocycles. The minimum absolute atomic E-state index is 0.0814. The Bertz CT molecular complexity index is 872. The van der Waals surface area contributed by atoms with Gasteiger partial charge in [-0.05, 0) is 50.1 Å². The van der Waals surface area contributed by atoms with Crippen LogP contribution in [0.15, 0.2) is 44.4 Å². The van der Waals surface area contributed by atoms with Crippen molar-refractivity contribution < 1.29 is 24.1 Å². The molecular formula is C17H14Br2N2O5. The third kappa shape index (κ3) is 3.78. The Labute approximate surface area is 166 Å². The number of rotatable bonds is 4. The summed E-state index contributed by atoms with van der Waals surface area (Å²) < 4.78 is 17.4. The van der Waals surface area contributed by atoms with Gasteiger partial charge in [-0.3, -0.25) is 4.79 Å². The van der Waals surface area contributed by atoms with Crippen LogP contribution in [0.25, 0.3) is 0 Å². The number of hydrogen-bond donors (Lipinski definition) is 2. The number of para-hydroxylation sites is 2. The molecule has 7 nitrogen and oxygen atoms in total. The molecule has 0 spiro atoms. The normalized spacial score (nSPS) is 15.7. The summed E-state index contributed by atoms with van der Waals surface area (Å²) in [6.45, 7) is 0.0814. The van der Waals surface area contributed by atoms with Crippen molar-refractivity contribution in [2.24, 2.45) is 5.10 Å². The molecule has 2 aromatic rings. The molecule has 0 saturated carbocycles. The van der Waals surface area contributed by atoms with E-state index >= 15 is 0 Å². The molecule has 1 aliphatic rings. The van der Waals surface area contributed by atoms with Crippen molar-refractivity contribution >= 4 is 44.0 Å². The van der Waals surface area contributed by atoms with E-state index in [4.69, 9.17) is 14.2 Å². The van der Waals surface area contributed by atoms with E-state index in [1.165, 1.54) is 13.3 Å². The fraction of sp³-hybridized carbons (Fsp3) is 0.176. The SMILES string of the molecule is COc1cc(Br)c(Br)c(/C=N/NC(=O)C2COc3ccccc3O2)c1O. The molecule has 9 heteroatoms.